The summed E-state index contributed by atoms with van der Waals surface area (Å²) in [7, 11) is 1.57. The fourth-order valence-corrected chi connectivity index (χ4v) is 3.78. The molecule has 1 heterocycles. The van der Waals surface area contributed by atoms with Crippen molar-refractivity contribution in [1.29, 1.82) is 0 Å². The summed E-state index contributed by atoms with van der Waals surface area (Å²) in [5.74, 6) is 0.386. The number of hydrogen-bond donors (Lipinski definition) is 2. The maximum atomic E-state index is 13.2. The lowest BCUT2D eigenvalue weighted by atomic mass is 9.84. The van der Waals surface area contributed by atoms with Crippen LogP contribution in [-0.2, 0) is 4.79 Å². The Morgan fingerprint density at radius 1 is 1.32 bits per heavy atom. The Hall–Kier alpha value is -2.04. The average Bonchev–Trinajstić information content (AvgIpc) is 3.03. The molecule has 2 aliphatic rings. The van der Waals surface area contributed by atoms with E-state index in [1.165, 1.54) is 0 Å². The third-order valence-corrected chi connectivity index (χ3v) is 5.17. The number of hydrogen-bond acceptors (Lipinski definition) is 2. The highest BCUT2D eigenvalue weighted by Crippen LogP contribution is 2.28. The Kier molecular flexibility index (Phi) is 6.85. The number of nitrogens with zero attached hydrogens (tertiary/aromatic N) is 1. The average molecular weight is 345 g/mol. The minimum Gasteiger partial charge on any atom is -0.341 e. The minimum absolute atomic E-state index is 0.0208. The van der Waals surface area contributed by atoms with Crippen LogP contribution in [-0.4, -0.2) is 42.5 Å². The third kappa shape index (κ3) is 5.21. The number of carbonyl (C=O) groups excluding carboxylic acids is 2. The van der Waals surface area contributed by atoms with E-state index in [1.807, 2.05) is 23.1 Å². The Morgan fingerprint density at radius 2 is 2.08 bits per heavy atom. The fraction of sp³-hybridized carbons (Fsp3) is 0.600. The second-order valence-electron chi connectivity index (χ2n) is 7.30. The number of allylic oxidation sites excluding steroid dienone is 5. The van der Waals surface area contributed by atoms with Gasteiger partial charge >= 0.3 is 6.03 Å². The summed E-state index contributed by atoms with van der Waals surface area (Å²) in [5.41, 5.74) is 0.981. The Morgan fingerprint density at radius 3 is 2.72 bits per heavy atom. The van der Waals surface area contributed by atoms with Gasteiger partial charge in [0.25, 0.3) is 0 Å². The van der Waals surface area contributed by atoms with Crippen molar-refractivity contribution in [3.05, 3.63) is 36.5 Å². The van der Waals surface area contributed by atoms with Gasteiger partial charge in [-0.25, -0.2) is 4.79 Å². The van der Waals surface area contributed by atoms with E-state index >= 15 is 0 Å². The van der Waals surface area contributed by atoms with Crippen molar-refractivity contribution >= 4 is 11.9 Å². The standard InChI is InChI=1S/C20H31N3O2/c1-14-8-5-6-9-15(2)13-17(12-14)18(22-20(25)21-4)19(24)23-11-7-10-16(23)3/h5-6,8-9,15-18H,1,7,10-13H2,2-4H3,(H2,21,22,25)/b8-5-,9-6-. The molecule has 0 bridgehead atoms. The van der Waals surface area contributed by atoms with Gasteiger partial charge in [0, 0.05) is 19.6 Å². The monoisotopic (exact) mass is 345 g/mol. The van der Waals surface area contributed by atoms with E-state index in [-0.39, 0.29) is 23.9 Å². The van der Waals surface area contributed by atoms with Crippen molar-refractivity contribution < 1.29 is 9.59 Å². The van der Waals surface area contributed by atoms with Crippen LogP contribution in [0.1, 0.15) is 39.5 Å². The van der Waals surface area contributed by atoms with Crippen LogP contribution in [0.4, 0.5) is 4.79 Å². The number of likely N-dealkylation sites (tertiary alicyclic amines) is 1. The molecule has 1 saturated heterocycles. The van der Waals surface area contributed by atoms with Crippen LogP contribution in [0.5, 0.6) is 0 Å². The van der Waals surface area contributed by atoms with Crippen molar-refractivity contribution in [1.82, 2.24) is 15.5 Å². The molecule has 1 aliphatic carbocycles. The van der Waals surface area contributed by atoms with Crippen molar-refractivity contribution in [2.75, 3.05) is 13.6 Å². The number of carbonyl (C=O) groups is 2. The van der Waals surface area contributed by atoms with E-state index < -0.39 is 6.04 Å². The smallest absolute Gasteiger partial charge is 0.315 e. The lowest BCUT2D eigenvalue weighted by Gasteiger charge is -2.33. The molecule has 5 heteroatoms. The topological polar surface area (TPSA) is 61.4 Å². The Labute approximate surface area is 151 Å². The van der Waals surface area contributed by atoms with Crippen LogP contribution in [0, 0.1) is 11.8 Å². The summed E-state index contributed by atoms with van der Waals surface area (Å²) in [5, 5.41) is 5.50. The van der Waals surface area contributed by atoms with Gasteiger partial charge < -0.3 is 15.5 Å². The number of urea groups is 1. The molecule has 0 saturated carbocycles. The van der Waals surface area contributed by atoms with Crippen LogP contribution >= 0.6 is 0 Å². The minimum atomic E-state index is -0.528. The first-order chi connectivity index (χ1) is 11.9. The maximum absolute atomic E-state index is 13.2. The number of rotatable bonds is 3. The molecule has 2 rings (SSSR count). The quantitative estimate of drug-likeness (QED) is 0.826. The summed E-state index contributed by atoms with van der Waals surface area (Å²) in [6.45, 7) is 9.11. The van der Waals surface area contributed by atoms with Crippen LogP contribution in [0.3, 0.4) is 0 Å². The molecular formula is C20H31N3O2. The highest BCUT2D eigenvalue weighted by Gasteiger charge is 2.36. The van der Waals surface area contributed by atoms with Gasteiger partial charge in [-0.3, -0.25) is 4.79 Å². The molecule has 4 unspecified atom stereocenters. The zero-order valence-corrected chi connectivity index (χ0v) is 15.6. The van der Waals surface area contributed by atoms with E-state index in [0.717, 1.165) is 31.4 Å². The third-order valence-electron chi connectivity index (χ3n) is 5.17. The van der Waals surface area contributed by atoms with E-state index in [2.05, 4.69) is 37.1 Å². The molecular weight excluding hydrogens is 314 g/mol. The zero-order valence-electron chi connectivity index (χ0n) is 15.6. The van der Waals surface area contributed by atoms with Crippen molar-refractivity contribution in [2.45, 2.75) is 51.6 Å². The van der Waals surface area contributed by atoms with Gasteiger partial charge in [0.1, 0.15) is 6.04 Å². The normalized spacial score (nSPS) is 30.6. The van der Waals surface area contributed by atoms with Crippen molar-refractivity contribution in [3.63, 3.8) is 0 Å². The van der Waals surface area contributed by atoms with Crippen molar-refractivity contribution in [2.24, 2.45) is 11.8 Å². The zero-order chi connectivity index (χ0) is 18.4. The molecule has 25 heavy (non-hydrogen) atoms. The number of nitrogens with one attached hydrogen (secondary N) is 2. The molecule has 0 aromatic rings. The fourth-order valence-electron chi connectivity index (χ4n) is 3.78. The predicted octanol–water partition coefficient (Wildman–Crippen LogP) is 3.01. The summed E-state index contributed by atoms with van der Waals surface area (Å²) < 4.78 is 0. The van der Waals surface area contributed by atoms with Crippen LogP contribution < -0.4 is 10.6 Å². The Bertz CT molecular complexity index is 567. The van der Waals surface area contributed by atoms with Crippen LogP contribution in [0.25, 0.3) is 0 Å². The summed E-state index contributed by atoms with van der Waals surface area (Å²) in [6.07, 6.45) is 11.7. The van der Waals surface area contributed by atoms with E-state index in [9.17, 15) is 9.59 Å². The molecule has 1 aliphatic heterocycles. The molecule has 4 atom stereocenters. The second kappa shape index (κ2) is 8.88. The van der Waals surface area contributed by atoms with Gasteiger partial charge in [-0.15, -0.1) is 0 Å². The molecule has 1 fully saturated rings. The molecule has 5 nitrogen and oxygen atoms in total. The summed E-state index contributed by atoms with van der Waals surface area (Å²) >= 11 is 0. The van der Waals surface area contributed by atoms with Gasteiger partial charge in [0.2, 0.25) is 5.91 Å². The first-order valence-corrected chi connectivity index (χ1v) is 9.23. The molecule has 0 aromatic carbocycles. The highest BCUT2D eigenvalue weighted by atomic mass is 16.2. The summed E-state index contributed by atoms with van der Waals surface area (Å²) in [4.78, 5) is 27.2. The molecule has 138 valence electrons. The molecule has 3 amide bonds. The van der Waals surface area contributed by atoms with Crippen LogP contribution in [0.2, 0.25) is 0 Å². The lowest BCUT2D eigenvalue weighted by molar-refractivity contribution is -0.135. The van der Waals surface area contributed by atoms with Gasteiger partial charge in [0.15, 0.2) is 0 Å². The van der Waals surface area contributed by atoms with E-state index in [1.54, 1.807) is 7.05 Å². The second-order valence-corrected chi connectivity index (χ2v) is 7.30. The first-order valence-electron chi connectivity index (χ1n) is 9.23. The molecule has 0 spiro atoms. The van der Waals surface area contributed by atoms with Gasteiger partial charge in [-0.1, -0.05) is 43.4 Å². The van der Waals surface area contributed by atoms with E-state index in [4.69, 9.17) is 0 Å². The van der Waals surface area contributed by atoms with Crippen LogP contribution in [0.15, 0.2) is 36.5 Å². The maximum Gasteiger partial charge on any atom is 0.315 e. The van der Waals surface area contributed by atoms with E-state index in [0.29, 0.717) is 12.3 Å². The largest absolute Gasteiger partial charge is 0.341 e. The van der Waals surface area contributed by atoms with Gasteiger partial charge in [0.05, 0.1) is 0 Å². The number of amides is 3. The molecule has 0 radical (unpaired) electrons. The molecule has 2 N–H and O–H groups in total. The van der Waals surface area contributed by atoms with Gasteiger partial charge in [-0.2, -0.15) is 0 Å². The molecule has 0 aromatic heterocycles. The predicted molar refractivity (Wildman–Crippen MR) is 101 cm³/mol. The highest BCUT2D eigenvalue weighted by molar-refractivity contribution is 5.87. The van der Waals surface area contributed by atoms with Gasteiger partial charge in [-0.05, 0) is 44.4 Å². The lowest BCUT2D eigenvalue weighted by Crippen LogP contribution is -2.55. The first kappa shape index (κ1) is 19.3. The SMILES string of the molecule is C=C1/C=C\C=C/C(C)CC(C(NC(=O)NC)C(=O)N2CCCC2C)C1. The van der Waals surface area contributed by atoms with Crippen molar-refractivity contribution in [3.8, 4) is 0 Å². The Balaban J connectivity index is 2.26. The summed E-state index contributed by atoms with van der Waals surface area (Å²) in [6, 6.07) is -0.604.